The van der Waals surface area contributed by atoms with Gasteiger partial charge in [-0.05, 0) is 28.8 Å². The number of benzene rings is 3. The SMILES string of the molecule is CN(Cc1ccccc1Cl)C(=O)C(Cc1c[nH]c2ccccc12)NC(=O)CN1CC(=O)NC(Cc2ccccc2)C1=O. The standard InChI is InChI=1S/C32H32ClN5O4/c1-37(18-22-11-5-7-13-25(22)33)31(41)28(16-23-17-34-26-14-8-6-12-24(23)26)36-30(40)20-38-19-29(39)35-27(32(38)42)15-21-9-3-2-4-10-21/h2-14,17,27-28,34H,15-16,18-20H2,1H3,(H,35,39)(H,36,40). The largest absolute Gasteiger partial charge is 0.361 e. The number of hydrogen-bond donors (Lipinski definition) is 3. The molecule has 1 aromatic heterocycles. The van der Waals surface area contributed by atoms with Gasteiger partial charge in [-0.1, -0.05) is 78.3 Å². The lowest BCUT2D eigenvalue weighted by molar-refractivity contribution is -0.146. The first-order chi connectivity index (χ1) is 20.3. The van der Waals surface area contributed by atoms with Crippen LogP contribution in [-0.2, 0) is 38.6 Å². The molecule has 0 bridgehead atoms. The maximum absolute atomic E-state index is 13.7. The van der Waals surface area contributed by atoms with Crippen molar-refractivity contribution in [2.45, 2.75) is 31.5 Å². The number of aromatic amines is 1. The third-order valence-electron chi connectivity index (χ3n) is 7.37. The molecule has 9 nitrogen and oxygen atoms in total. The number of hydrogen-bond acceptors (Lipinski definition) is 4. The van der Waals surface area contributed by atoms with Gasteiger partial charge in [0, 0.05) is 48.6 Å². The van der Waals surface area contributed by atoms with Crippen LogP contribution in [0.25, 0.3) is 10.9 Å². The van der Waals surface area contributed by atoms with Crippen LogP contribution in [0.3, 0.4) is 0 Å². The number of likely N-dealkylation sites (N-methyl/N-ethyl adjacent to an activating group) is 1. The molecule has 0 saturated carbocycles. The van der Waals surface area contributed by atoms with E-state index in [1.807, 2.05) is 79.0 Å². The number of piperazine rings is 1. The van der Waals surface area contributed by atoms with Gasteiger partial charge in [0.15, 0.2) is 0 Å². The molecule has 1 saturated heterocycles. The molecular weight excluding hydrogens is 554 g/mol. The van der Waals surface area contributed by atoms with E-state index in [1.54, 1.807) is 13.1 Å². The highest BCUT2D eigenvalue weighted by molar-refractivity contribution is 6.31. The lowest BCUT2D eigenvalue weighted by atomic mass is 10.0. The number of nitrogens with one attached hydrogen (secondary N) is 3. The van der Waals surface area contributed by atoms with Gasteiger partial charge in [0.2, 0.25) is 23.6 Å². The Kier molecular flexibility index (Phi) is 8.88. The van der Waals surface area contributed by atoms with Crippen LogP contribution >= 0.6 is 11.6 Å². The summed E-state index contributed by atoms with van der Waals surface area (Å²) < 4.78 is 0. The van der Waals surface area contributed by atoms with Crippen LogP contribution in [0.15, 0.2) is 85.1 Å². The molecule has 2 heterocycles. The van der Waals surface area contributed by atoms with E-state index in [9.17, 15) is 19.2 Å². The minimum Gasteiger partial charge on any atom is -0.361 e. The van der Waals surface area contributed by atoms with Crippen LogP contribution in [0.5, 0.6) is 0 Å². The monoisotopic (exact) mass is 585 g/mol. The van der Waals surface area contributed by atoms with Crippen molar-refractivity contribution in [3.63, 3.8) is 0 Å². The highest BCUT2D eigenvalue weighted by atomic mass is 35.5. The van der Waals surface area contributed by atoms with E-state index in [2.05, 4.69) is 15.6 Å². The first-order valence-electron chi connectivity index (χ1n) is 13.7. The number of para-hydroxylation sites is 1. The fourth-order valence-electron chi connectivity index (χ4n) is 5.26. The topological polar surface area (TPSA) is 115 Å². The van der Waals surface area contributed by atoms with Gasteiger partial charge in [0.1, 0.15) is 25.2 Å². The number of aromatic nitrogens is 1. The van der Waals surface area contributed by atoms with Gasteiger partial charge in [-0.15, -0.1) is 0 Å². The van der Waals surface area contributed by atoms with Crippen LogP contribution in [0.1, 0.15) is 16.7 Å². The minimum atomic E-state index is -0.918. The molecule has 42 heavy (non-hydrogen) atoms. The molecule has 0 radical (unpaired) electrons. The van der Waals surface area contributed by atoms with Crippen molar-refractivity contribution >= 4 is 46.1 Å². The summed E-state index contributed by atoms with van der Waals surface area (Å²) in [5, 5.41) is 7.07. The number of carbonyl (C=O) groups is 4. The zero-order valence-electron chi connectivity index (χ0n) is 23.2. The number of nitrogens with zero attached hydrogens (tertiary/aromatic N) is 2. The molecule has 4 amide bonds. The Labute approximate surface area is 248 Å². The Morgan fingerprint density at radius 2 is 1.71 bits per heavy atom. The molecule has 4 aromatic rings. The second kappa shape index (κ2) is 12.9. The van der Waals surface area contributed by atoms with E-state index in [-0.39, 0.29) is 43.8 Å². The van der Waals surface area contributed by atoms with Crippen LogP contribution in [0.4, 0.5) is 0 Å². The minimum absolute atomic E-state index is 0.229. The molecule has 1 fully saturated rings. The number of amides is 4. The first-order valence-corrected chi connectivity index (χ1v) is 14.1. The van der Waals surface area contributed by atoms with Crippen molar-refractivity contribution in [2.75, 3.05) is 20.1 Å². The Balaban J connectivity index is 1.32. The smallest absolute Gasteiger partial charge is 0.246 e. The normalized spacial score (nSPS) is 15.8. The van der Waals surface area contributed by atoms with Crippen molar-refractivity contribution in [1.82, 2.24) is 25.4 Å². The van der Waals surface area contributed by atoms with Crippen molar-refractivity contribution in [3.8, 4) is 0 Å². The third kappa shape index (κ3) is 6.80. The zero-order valence-corrected chi connectivity index (χ0v) is 23.9. The number of halogens is 1. The fourth-order valence-corrected chi connectivity index (χ4v) is 5.45. The van der Waals surface area contributed by atoms with Crippen molar-refractivity contribution < 1.29 is 19.2 Å². The average molecular weight is 586 g/mol. The molecule has 2 atom stereocenters. The summed E-state index contributed by atoms with van der Waals surface area (Å²) in [4.78, 5) is 58.7. The average Bonchev–Trinajstić information content (AvgIpc) is 3.39. The molecule has 3 N–H and O–H groups in total. The highest BCUT2D eigenvalue weighted by Crippen LogP contribution is 2.21. The maximum atomic E-state index is 13.7. The van der Waals surface area contributed by atoms with Gasteiger partial charge in [-0.2, -0.15) is 0 Å². The Morgan fingerprint density at radius 3 is 2.50 bits per heavy atom. The van der Waals surface area contributed by atoms with E-state index < -0.39 is 18.0 Å². The quantitative estimate of drug-likeness (QED) is 0.265. The second-order valence-electron chi connectivity index (χ2n) is 10.5. The maximum Gasteiger partial charge on any atom is 0.246 e. The summed E-state index contributed by atoms with van der Waals surface area (Å²) in [6.45, 7) is -0.320. The van der Waals surface area contributed by atoms with Gasteiger partial charge in [-0.25, -0.2) is 0 Å². The van der Waals surface area contributed by atoms with Gasteiger partial charge < -0.3 is 25.4 Å². The number of H-pyrrole nitrogens is 1. The van der Waals surface area contributed by atoms with Crippen molar-refractivity contribution in [3.05, 3.63) is 107 Å². The summed E-state index contributed by atoms with van der Waals surface area (Å²) >= 11 is 6.33. The molecule has 3 aromatic carbocycles. The van der Waals surface area contributed by atoms with Crippen LogP contribution in [-0.4, -0.2) is 70.6 Å². The predicted octanol–water partition coefficient (Wildman–Crippen LogP) is 3.08. The summed E-state index contributed by atoms with van der Waals surface area (Å²) in [7, 11) is 1.66. The summed E-state index contributed by atoms with van der Waals surface area (Å²) in [6.07, 6.45) is 2.38. The van der Waals surface area contributed by atoms with Crippen LogP contribution < -0.4 is 10.6 Å². The Hall–Kier alpha value is -4.63. The molecule has 10 heteroatoms. The summed E-state index contributed by atoms with van der Waals surface area (Å²) in [5.41, 5.74) is 3.46. The lowest BCUT2D eigenvalue weighted by Gasteiger charge is -2.32. The predicted molar refractivity (Wildman–Crippen MR) is 161 cm³/mol. The number of fused-ring (bicyclic) bond motifs is 1. The molecule has 0 spiro atoms. The molecule has 1 aliphatic heterocycles. The van der Waals surface area contributed by atoms with E-state index >= 15 is 0 Å². The van der Waals surface area contributed by atoms with Crippen molar-refractivity contribution in [2.24, 2.45) is 0 Å². The molecule has 2 unspecified atom stereocenters. The van der Waals surface area contributed by atoms with Gasteiger partial charge in [-0.3, -0.25) is 19.2 Å². The lowest BCUT2D eigenvalue weighted by Crippen LogP contribution is -2.61. The first kappa shape index (κ1) is 28.9. The van der Waals surface area contributed by atoms with E-state index in [4.69, 9.17) is 11.6 Å². The Bertz CT molecular complexity index is 1600. The summed E-state index contributed by atoms with van der Waals surface area (Å²) in [6, 6.07) is 22.7. The zero-order chi connectivity index (χ0) is 29.6. The third-order valence-corrected chi connectivity index (χ3v) is 7.74. The molecule has 5 rings (SSSR count). The highest BCUT2D eigenvalue weighted by Gasteiger charge is 2.34. The van der Waals surface area contributed by atoms with Crippen LogP contribution in [0, 0.1) is 0 Å². The molecule has 0 aliphatic carbocycles. The van der Waals surface area contributed by atoms with Crippen molar-refractivity contribution in [1.29, 1.82) is 0 Å². The molecule has 216 valence electrons. The molecule has 1 aliphatic rings. The fraction of sp³-hybridized carbons (Fsp3) is 0.250. The summed E-state index contributed by atoms with van der Waals surface area (Å²) in [5.74, 6) is -1.52. The molecular formula is C32H32ClN5O4. The van der Waals surface area contributed by atoms with E-state index in [0.29, 0.717) is 11.4 Å². The van der Waals surface area contributed by atoms with Crippen LogP contribution in [0.2, 0.25) is 5.02 Å². The Morgan fingerprint density at radius 1 is 1.00 bits per heavy atom. The van der Waals surface area contributed by atoms with Gasteiger partial charge in [0.25, 0.3) is 0 Å². The number of carbonyl (C=O) groups excluding carboxylic acids is 4. The van der Waals surface area contributed by atoms with Gasteiger partial charge in [0.05, 0.1) is 0 Å². The van der Waals surface area contributed by atoms with E-state index in [1.165, 1.54) is 9.80 Å². The number of rotatable bonds is 10. The van der Waals surface area contributed by atoms with E-state index in [0.717, 1.165) is 27.6 Å². The second-order valence-corrected chi connectivity index (χ2v) is 10.9. The van der Waals surface area contributed by atoms with Gasteiger partial charge >= 0.3 is 0 Å².